The van der Waals surface area contributed by atoms with E-state index < -0.39 is 11.6 Å². The minimum absolute atomic E-state index is 0.161. The molecule has 2 aliphatic rings. The second-order valence-corrected chi connectivity index (χ2v) is 11.1. The topological polar surface area (TPSA) is 117 Å². The highest BCUT2D eigenvalue weighted by Crippen LogP contribution is 2.35. The number of carboxylic acid groups (broad SMARTS) is 1. The van der Waals surface area contributed by atoms with Gasteiger partial charge in [0.1, 0.15) is 18.1 Å². The third-order valence-electron chi connectivity index (χ3n) is 8.19. The van der Waals surface area contributed by atoms with Crippen molar-refractivity contribution in [3.05, 3.63) is 53.1 Å². The Hall–Kier alpha value is -3.17. The molecule has 2 atom stereocenters. The molecule has 10 heteroatoms. The Morgan fingerprint density at radius 1 is 1.13 bits per heavy atom. The normalized spacial score (nSPS) is 20.2. The van der Waals surface area contributed by atoms with Crippen molar-refractivity contribution in [1.29, 1.82) is 0 Å². The SMILES string of the molecule is COc1cc(N)c(Cl)cc1C(=O)NCC1CCN(C(C)(COc2ccccc2)C2CCCCN2C(=O)O)CC1. The summed E-state index contributed by atoms with van der Waals surface area (Å²) in [6, 6.07) is 12.6. The lowest BCUT2D eigenvalue weighted by Crippen LogP contribution is -2.66. The van der Waals surface area contributed by atoms with Crippen molar-refractivity contribution in [2.24, 2.45) is 5.92 Å². The van der Waals surface area contributed by atoms with Gasteiger partial charge in [0.2, 0.25) is 0 Å². The third kappa shape index (κ3) is 6.70. The van der Waals surface area contributed by atoms with Gasteiger partial charge in [-0.3, -0.25) is 9.69 Å². The summed E-state index contributed by atoms with van der Waals surface area (Å²) in [5.41, 5.74) is 6.07. The summed E-state index contributed by atoms with van der Waals surface area (Å²) in [5, 5.41) is 13.3. The minimum Gasteiger partial charge on any atom is -0.496 e. The van der Waals surface area contributed by atoms with Crippen LogP contribution in [-0.2, 0) is 0 Å². The van der Waals surface area contributed by atoms with Crippen molar-refractivity contribution in [1.82, 2.24) is 15.1 Å². The van der Waals surface area contributed by atoms with Crippen LogP contribution in [0.3, 0.4) is 0 Å². The lowest BCUT2D eigenvalue weighted by atomic mass is 9.81. The van der Waals surface area contributed by atoms with E-state index in [0.29, 0.717) is 47.6 Å². The van der Waals surface area contributed by atoms with Crippen LogP contribution in [0.25, 0.3) is 0 Å². The Morgan fingerprint density at radius 3 is 2.51 bits per heavy atom. The zero-order valence-electron chi connectivity index (χ0n) is 22.7. The fraction of sp³-hybridized carbons (Fsp3) is 0.517. The van der Waals surface area contributed by atoms with Gasteiger partial charge in [-0.05, 0) is 76.2 Å². The molecule has 9 nitrogen and oxygen atoms in total. The Kier molecular flexibility index (Phi) is 9.45. The van der Waals surface area contributed by atoms with Crippen LogP contribution in [0.4, 0.5) is 10.5 Å². The van der Waals surface area contributed by atoms with Crippen molar-refractivity contribution < 1.29 is 24.2 Å². The van der Waals surface area contributed by atoms with Gasteiger partial charge in [-0.25, -0.2) is 4.79 Å². The van der Waals surface area contributed by atoms with E-state index >= 15 is 0 Å². The summed E-state index contributed by atoms with van der Waals surface area (Å²) in [7, 11) is 1.49. The van der Waals surface area contributed by atoms with E-state index in [0.717, 1.165) is 50.9 Å². The number of ether oxygens (including phenoxy) is 2. The summed E-state index contributed by atoms with van der Waals surface area (Å²) in [6.07, 6.45) is 3.56. The van der Waals surface area contributed by atoms with Crippen LogP contribution in [0.2, 0.25) is 5.02 Å². The van der Waals surface area contributed by atoms with Crippen molar-refractivity contribution in [2.45, 2.75) is 50.6 Å². The molecule has 2 amide bonds. The number of piperidine rings is 2. The van der Waals surface area contributed by atoms with Crippen LogP contribution >= 0.6 is 11.6 Å². The molecule has 0 bridgehead atoms. The number of carbonyl (C=O) groups excluding carboxylic acids is 1. The van der Waals surface area contributed by atoms with E-state index in [-0.39, 0.29) is 11.9 Å². The number of nitrogens with two attached hydrogens (primary N) is 1. The average molecular weight is 559 g/mol. The van der Waals surface area contributed by atoms with Crippen LogP contribution in [0.5, 0.6) is 11.5 Å². The van der Waals surface area contributed by atoms with Crippen molar-refractivity contribution in [3.8, 4) is 11.5 Å². The number of nitrogens with zero attached hydrogens (tertiary/aromatic N) is 2. The number of para-hydroxylation sites is 1. The van der Waals surface area contributed by atoms with Crippen LogP contribution in [0.15, 0.2) is 42.5 Å². The lowest BCUT2D eigenvalue weighted by molar-refractivity contribution is -0.0444. The van der Waals surface area contributed by atoms with Crippen molar-refractivity contribution >= 4 is 29.3 Å². The van der Waals surface area contributed by atoms with Crippen molar-refractivity contribution in [3.63, 3.8) is 0 Å². The quantitative estimate of drug-likeness (QED) is 0.380. The molecule has 2 unspecified atom stereocenters. The van der Waals surface area contributed by atoms with Crippen LogP contribution in [0, 0.1) is 5.92 Å². The molecule has 0 spiro atoms. The maximum absolute atomic E-state index is 12.9. The molecule has 0 aromatic heterocycles. The second-order valence-electron chi connectivity index (χ2n) is 10.7. The number of nitrogens with one attached hydrogen (secondary N) is 1. The molecule has 0 radical (unpaired) electrons. The van der Waals surface area contributed by atoms with Gasteiger partial charge in [0.15, 0.2) is 0 Å². The molecule has 4 N–H and O–H groups in total. The molecule has 2 aromatic rings. The number of halogens is 1. The molecule has 2 fully saturated rings. The number of anilines is 1. The number of benzene rings is 2. The van der Waals surface area contributed by atoms with E-state index in [4.69, 9.17) is 26.8 Å². The van der Waals surface area contributed by atoms with E-state index in [1.807, 2.05) is 30.3 Å². The molecule has 2 heterocycles. The Morgan fingerprint density at radius 2 is 1.85 bits per heavy atom. The number of carbonyl (C=O) groups is 2. The average Bonchev–Trinajstić information content (AvgIpc) is 2.96. The minimum atomic E-state index is -0.874. The summed E-state index contributed by atoms with van der Waals surface area (Å²) < 4.78 is 11.6. The first kappa shape index (κ1) is 28.8. The fourth-order valence-electron chi connectivity index (χ4n) is 5.85. The van der Waals surface area contributed by atoms with E-state index in [2.05, 4.69) is 17.1 Å². The van der Waals surface area contributed by atoms with E-state index in [9.17, 15) is 14.7 Å². The molecule has 2 aliphatic heterocycles. The zero-order valence-corrected chi connectivity index (χ0v) is 23.5. The number of hydrogen-bond donors (Lipinski definition) is 3. The van der Waals surface area contributed by atoms with Crippen LogP contribution in [-0.4, -0.2) is 78.4 Å². The van der Waals surface area contributed by atoms with Gasteiger partial charge in [-0.15, -0.1) is 0 Å². The fourth-order valence-corrected chi connectivity index (χ4v) is 6.01. The molecule has 39 heavy (non-hydrogen) atoms. The summed E-state index contributed by atoms with van der Waals surface area (Å²) in [5.74, 6) is 1.20. The summed E-state index contributed by atoms with van der Waals surface area (Å²) in [4.78, 5) is 29.1. The number of hydrogen-bond acceptors (Lipinski definition) is 6. The number of likely N-dealkylation sites (tertiary alicyclic amines) is 2. The number of amides is 2. The third-order valence-corrected chi connectivity index (χ3v) is 8.52. The Bertz CT molecular complexity index is 1140. The number of nitrogen functional groups attached to an aromatic ring is 1. The molecule has 2 aromatic carbocycles. The first-order valence-corrected chi connectivity index (χ1v) is 13.9. The highest BCUT2D eigenvalue weighted by molar-refractivity contribution is 6.33. The monoisotopic (exact) mass is 558 g/mol. The predicted molar refractivity (Wildman–Crippen MR) is 152 cm³/mol. The van der Waals surface area contributed by atoms with Gasteiger partial charge in [0.25, 0.3) is 5.91 Å². The lowest BCUT2D eigenvalue weighted by Gasteiger charge is -2.52. The molecule has 4 rings (SSSR count). The van der Waals surface area contributed by atoms with Gasteiger partial charge >= 0.3 is 6.09 Å². The molecule has 0 aliphatic carbocycles. The predicted octanol–water partition coefficient (Wildman–Crippen LogP) is 4.74. The van der Waals surface area contributed by atoms with Gasteiger partial charge in [0.05, 0.1) is 35.0 Å². The van der Waals surface area contributed by atoms with E-state index in [1.165, 1.54) is 13.2 Å². The zero-order chi connectivity index (χ0) is 28.0. The van der Waals surface area contributed by atoms with Crippen LogP contribution in [0.1, 0.15) is 49.4 Å². The first-order valence-electron chi connectivity index (χ1n) is 13.6. The van der Waals surface area contributed by atoms with E-state index in [1.54, 1.807) is 11.0 Å². The maximum Gasteiger partial charge on any atom is 0.407 e. The van der Waals surface area contributed by atoms with Gasteiger partial charge in [-0.1, -0.05) is 29.8 Å². The highest BCUT2D eigenvalue weighted by Gasteiger charge is 2.47. The summed E-state index contributed by atoms with van der Waals surface area (Å²) >= 11 is 6.14. The smallest absolute Gasteiger partial charge is 0.407 e. The molecular weight excluding hydrogens is 520 g/mol. The Balaban J connectivity index is 1.42. The standard InChI is InChI=1S/C29H39ClN4O5/c1-29(19-39-21-8-4-3-5-9-21,26-10-6-7-13-34(26)28(36)37)33-14-11-20(12-15-33)18-32-27(35)22-16-23(30)24(31)17-25(22)38-2/h3-5,8-9,16-17,20,26H,6-7,10-15,18-19,31H2,1-2H3,(H,32,35)(H,36,37). The largest absolute Gasteiger partial charge is 0.496 e. The second kappa shape index (κ2) is 12.8. The molecule has 0 saturated carbocycles. The van der Waals surface area contributed by atoms with Gasteiger partial charge in [0, 0.05) is 19.2 Å². The van der Waals surface area contributed by atoms with Gasteiger partial charge < -0.3 is 30.5 Å². The van der Waals surface area contributed by atoms with Crippen LogP contribution < -0.4 is 20.5 Å². The Labute approximate surface area is 235 Å². The van der Waals surface area contributed by atoms with Crippen molar-refractivity contribution in [2.75, 3.05) is 45.6 Å². The highest BCUT2D eigenvalue weighted by atomic mass is 35.5. The summed E-state index contributed by atoms with van der Waals surface area (Å²) in [6.45, 7) is 5.18. The molecule has 2 saturated heterocycles. The van der Waals surface area contributed by atoms with Gasteiger partial charge in [-0.2, -0.15) is 0 Å². The number of rotatable bonds is 9. The maximum atomic E-state index is 12.9. The molecule has 212 valence electrons. The first-order chi connectivity index (χ1) is 18.7. The molecular formula is C29H39ClN4O5. The number of methoxy groups -OCH3 is 1.